The van der Waals surface area contributed by atoms with Gasteiger partial charge in [-0.25, -0.2) is 4.39 Å². The van der Waals surface area contributed by atoms with Gasteiger partial charge in [-0.1, -0.05) is 13.8 Å². The highest BCUT2D eigenvalue weighted by molar-refractivity contribution is 9.10. The summed E-state index contributed by atoms with van der Waals surface area (Å²) in [6, 6.07) is 4.62. The molecule has 0 spiro atoms. The van der Waals surface area contributed by atoms with Crippen molar-refractivity contribution in [2.75, 3.05) is 11.9 Å². The molecule has 0 aliphatic carbocycles. The zero-order chi connectivity index (χ0) is 13.5. The minimum atomic E-state index is -0.332. The number of benzene rings is 1. The number of halogens is 2. The summed E-state index contributed by atoms with van der Waals surface area (Å²) >= 11 is 3.21. The van der Waals surface area contributed by atoms with Gasteiger partial charge in [0.05, 0.1) is 5.69 Å². The number of nitrogens with one attached hydrogen (secondary N) is 2. The fraction of sp³-hybridized carbons (Fsp3) is 0.462. The summed E-state index contributed by atoms with van der Waals surface area (Å²) in [6.07, 6.45) is 1.23. The fourth-order valence-electron chi connectivity index (χ4n) is 1.44. The molecule has 5 heteroatoms. The first-order valence-electron chi connectivity index (χ1n) is 5.97. The van der Waals surface area contributed by atoms with Gasteiger partial charge >= 0.3 is 0 Å². The van der Waals surface area contributed by atoms with Crippen LogP contribution in [0.25, 0.3) is 0 Å². The van der Waals surface area contributed by atoms with Crippen LogP contribution < -0.4 is 10.6 Å². The Hall–Kier alpha value is -0.940. The molecule has 100 valence electrons. The van der Waals surface area contributed by atoms with E-state index in [9.17, 15) is 9.18 Å². The lowest BCUT2D eigenvalue weighted by Crippen LogP contribution is -2.24. The quantitative estimate of drug-likeness (QED) is 0.791. The molecule has 1 amide bonds. The molecule has 18 heavy (non-hydrogen) atoms. The van der Waals surface area contributed by atoms with Crippen molar-refractivity contribution >= 4 is 27.5 Å². The Morgan fingerprint density at radius 1 is 1.44 bits per heavy atom. The van der Waals surface area contributed by atoms with E-state index in [2.05, 4.69) is 40.4 Å². The minimum Gasteiger partial charge on any atom is -0.325 e. The SMILES string of the molecule is CC(C)NCCCC(=O)Nc1ccc(F)cc1Br. The molecule has 0 aromatic heterocycles. The predicted octanol–water partition coefficient (Wildman–Crippen LogP) is 3.30. The third-order valence-electron chi connectivity index (χ3n) is 2.34. The van der Waals surface area contributed by atoms with E-state index < -0.39 is 0 Å². The summed E-state index contributed by atoms with van der Waals surface area (Å²) in [6.45, 7) is 4.95. The van der Waals surface area contributed by atoms with Crippen molar-refractivity contribution < 1.29 is 9.18 Å². The molecular weight excluding hydrogens is 299 g/mol. The average molecular weight is 317 g/mol. The molecule has 0 saturated heterocycles. The maximum atomic E-state index is 12.9. The van der Waals surface area contributed by atoms with Crippen LogP contribution in [0.1, 0.15) is 26.7 Å². The van der Waals surface area contributed by atoms with Crippen molar-refractivity contribution in [1.29, 1.82) is 0 Å². The molecule has 0 heterocycles. The Labute approximate surface area is 115 Å². The van der Waals surface area contributed by atoms with Crippen molar-refractivity contribution in [3.05, 3.63) is 28.5 Å². The zero-order valence-electron chi connectivity index (χ0n) is 10.6. The molecule has 0 saturated carbocycles. The number of carbonyl (C=O) groups excluding carboxylic acids is 1. The summed E-state index contributed by atoms with van der Waals surface area (Å²) in [5.74, 6) is -0.395. The molecular formula is C13H18BrFN2O. The van der Waals surface area contributed by atoms with Crippen LogP contribution in [-0.2, 0) is 4.79 Å². The van der Waals surface area contributed by atoms with Crippen molar-refractivity contribution in [1.82, 2.24) is 5.32 Å². The summed E-state index contributed by atoms with van der Waals surface area (Å²) < 4.78 is 13.4. The number of amides is 1. The van der Waals surface area contributed by atoms with Gasteiger partial charge in [0, 0.05) is 16.9 Å². The topological polar surface area (TPSA) is 41.1 Å². The monoisotopic (exact) mass is 316 g/mol. The standard InChI is InChI=1S/C13H18BrFN2O/c1-9(2)16-7-3-4-13(18)17-12-6-5-10(15)8-11(12)14/h5-6,8-9,16H,3-4,7H2,1-2H3,(H,17,18). The average Bonchev–Trinajstić information content (AvgIpc) is 2.28. The minimum absolute atomic E-state index is 0.0622. The first-order chi connectivity index (χ1) is 8.49. The summed E-state index contributed by atoms with van der Waals surface area (Å²) in [5, 5.41) is 5.99. The van der Waals surface area contributed by atoms with Crippen molar-refractivity contribution in [2.24, 2.45) is 0 Å². The normalized spacial score (nSPS) is 10.7. The molecule has 3 nitrogen and oxygen atoms in total. The van der Waals surface area contributed by atoms with E-state index in [1.165, 1.54) is 12.1 Å². The molecule has 0 atom stereocenters. The molecule has 0 fully saturated rings. The van der Waals surface area contributed by atoms with Gasteiger partial charge in [-0.15, -0.1) is 0 Å². The fourth-order valence-corrected chi connectivity index (χ4v) is 1.89. The third-order valence-corrected chi connectivity index (χ3v) is 2.99. The first kappa shape index (κ1) is 15.1. The number of hydrogen-bond donors (Lipinski definition) is 2. The molecule has 2 N–H and O–H groups in total. The molecule has 0 unspecified atom stereocenters. The van der Waals surface area contributed by atoms with Gasteiger partial charge in [-0.3, -0.25) is 4.79 Å². The third kappa shape index (κ3) is 5.60. The highest BCUT2D eigenvalue weighted by Crippen LogP contribution is 2.23. The Kier molecular flexibility index (Phi) is 6.29. The van der Waals surface area contributed by atoms with Crippen LogP contribution in [0.4, 0.5) is 10.1 Å². The smallest absolute Gasteiger partial charge is 0.224 e. The van der Waals surface area contributed by atoms with Crippen molar-refractivity contribution in [3.63, 3.8) is 0 Å². The van der Waals surface area contributed by atoms with Crippen molar-refractivity contribution in [2.45, 2.75) is 32.7 Å². The van der Waals surface area contributed by atoms with E-state index in [-0.39, 0.29) is 11.7 Å². The second-order valence-electron chi connectivity index (χ2n) is 4.38. The number of hydrogen-bond acceptors (Lipinski definition) is 2. The van der Waals surface area contributed by atoms with E-state index in [1.54, 1.807) is 6.07 Å². The highest BCUT2D eigenvalue weighted by Gasteiger charge is 2.06. The molecule has 1 aromatic rings. The second kappa shape index (κ2) is 7.48. The Morgan fingerprint density at radius 3 is 2.78 bits per heavy atom. The van der Waals surface area contributed by atoms with Crippen LogP contribution >= 0.6 is 15.9 Å². The molecule has 0 aliphatic heterocycles. The second-order valence-corrected chi connectivity index (χ2v) is 5.24. The van der Waals surface area contributed by atoms with Gasteiger partial charge < -0.3 is 10.6 Å². The lowest BCUT2D eigenvalue weighted by Gasteiger charge is -2.09. The molecule has 1 rings (SSSR count). The molecule has 0 bridgehead atoms. The summed E-state index contributed by atoms with van der Waals surface area (Å²) in [5.41, 5.74) is 0.596. The first-order valence-corrected chi connectivity index (χ1v) is 6.76. The van der Waals surface area contributed by atoms with Gasteiger partial charge in [0.2, 0.25) is 5.91 Å². The summed E-state index contributed by atoms with van der Waals surface area (Å²) in [7, 11) is 0. The lowest BCUT2D eigenvalue weighted by molar-refractivity contribution is -0.116. The van der Waals surface area contributed by atoms with E-state index >= 15 is 0 Å². The maximum absolute atomic E-state index is 12.9. The lowest BCUT2D eigenvalue weighted by atomic mass is 10.2. The van der Waals surface area contributed by atoms with Gasteiger partial charge in [0.15, 0.2) is 0 Å². The highest BCUT2D eigenvalue weighted by atomic mass is 79.9. The van der Waals surface area contributed by atoms with E-state index in [4.69, 9.17) is 0 Å². The van der Waals surface area contributed by atoms with Crippen LogP contribution in [0.5, 0.6) is 0 Å². The molecule has 1 aromatic carbocycles. The van der Waals surface area contributed by atoms with Crippen molar-refractivity contribution in [3.8, 4) is 0 Å². The van der Waals surface area contributed by atoms with Crippen LogP contribution in [0.3, 0.4) is 0 Å². The number of rotatable bonds is 6. The van der Waals surface area contributed by atoms with Crippen LogP contribution in [0.2, 0.25) is 0 Å². The maximum Gasteiger partial charge on any atom is 0.224 e. The Bertz CT molecular complexity index is 410. The van der Waals surface area contributed by atoms with Gasteiger partial charge in [0.25, 0.3) is 0 Å². The van der Waals surface area contributed by atoms with E-state index in [1.807, 2.05) is 0 Å². The number of anilines is 1. The largest absolute Gasteiger partial charge is 0.325 e. The zero-order valence-corrected chi connectivity index (χ0v) is 12.2. The predicted molar refractivity (Wildman–Crippen MR) is 75.1 cm³/mol. The number of carbonyl (C=O) groups is 1. The van der Waals surface area contributed by atoms with Gasteiger partial charge in [-0.05, 0) is 47.1 Å². The van der Waals surface area contributed by atoms with Crippen LogP contribution in [0, 0.1) is 5.82 Å². The summed E-state index contributed by atoms with van der Waals surface area (Å²) in [4.78, 5) is 11.6. The Morgan fingerprint density at radius 2 is 2.17 bits per heavy atom. The Balaban J connectivity index is 2.35. The van der Waals surface area contributed by atoms with Crippen LogP contribution in [0.15, 0.2) is 22.7 Å². The van der Waals surface area contributed by atoms with Gasteiger partial charge in [0.1, 0.15) is 5.82 Å². The van der Waals surface area contributed by atoms with Crippen LogP contribution in [-0.4, -0.2) is 18.5 Å². The molecule has 0 radical (unpaired) electrons. The van der Waals surface area contributed by atoms with E-state index in [0.717, 1.165) is 13.0 Å². The van der Waals surface area contributed by atoms with E-state index in [0.29, 0.717) is 22.6 Å². The van der Waals surface area contributed by atoms with Gasteiger partial charge in [-0.2, -0.15) is 0 Å². The molecule has 0 aliphatic rings.